The Labute approximate surface area is 146 Å². The lowest BCUT2D eigenvalue weighted by molar-refractivity contribution is -0.137. The van der Waals surface area contributed by atoms with E-state index in [1.807, 2.05) is 0 Å². The van der Waals surface area contributed by atoms with Gasteiger partial charge in [0.05, 0.1) is 15.4 Å². The molecule has 3 rings (SSSR count). The van der Waals surface area contributed by atoms with Gasteiger partial charge in [0.1, 0.15) is 0 Å². The van der Waals surface area contributed by atoms with Gasteiger partial charge in [-0.2, -0.15) is 13.2 Å². The van der Waals surface area contributed by atoms with Crippen molar-refractivity contribution < 1.29 is 22.8 Å². The van der Waals surface area contributed by atoms with Crippen LogP contribution in [0.3, 0.4) is 0 Å². The van der Waals surface area contributed by atoms with Gasteiger partial charge in [-0.15, -0.1) is 11.3 Å². The SMILES string of the molecule is O=C(NCc1ccc(C(F)(F)F)cc1)c1ccc(NC(=O)C2CC2)s1. The lowest BCUT2D eigenvalue weighted by Crippen LogP contribution is -2.21. The van der Waals surface area contributed by atoms with Crippen molar-refractivity contribution in [1.29, 1.82) is 0 Å². The predicted molar refractivity (Wildman–Crippen MR) is 88.3 cm³/mol. The second-order valence-electron chi connectivity index (χ2n) is 5.80. The number of nitrogens with one attached hydrogen (secondary N) is 2. The van der Waals surface area contributed by atoms with Crippen LogP contribution in [0, 0.1) is 5.92 Å². The maximum absolute atomic E-state index is 12.5. The summed E-state index contributed by atoms with van der Waals surface area (Å²) in [5.74, 6) is -0.283. The summed E-state index contributed by atoms with van der Waals surface area (Å²) in [4.78, 5) is 24.2. The molecule has 1 saturated carbocycles. The molecule has 1 aliphatic rings. The molecule has 0 unspecified atom stereocenters. The highest BCUT2D eigenvalue weighted by Crippen LogP contribution is 2.32. The molecule has 1 fully saturated rings. The fourth-order valence-electron chi connectivity index (χ4n) is 2.18. The molecule has 1 heterocycles. The molecule has 25 heavy (non-hydrogen) atoms. The van der Waals surface area contributed by atoms with Crippen LogP contribution < -0.4 is 10.6 Å². The van der Waals surface area contributed by atoms with E-state index in [1.54, 1.807) is 12.1 Å². The molecule has 0 radical (unpaired) electrons. The molecule has 2 amide bonds. The normalized spacial score (nSPS) is 14.2. The molecule has 132 valence electrons. The average Bonchev–Trinajstić information content (AvgIpc) is 3.32. The minimum absolute atomic E-state index is 0.0291. The number of thiophene rings is 1. The third-order valence-corrected chi connectivity index (χ3v) is 4.76. The first-order valence-electron chi connectivity index (χ1n) is 7.68. The van der Waals surface area contributed by atoms with Crippen LogP contribution in [0.2, 0.25) is 0 Å². The highest BCUT2D eigenvalue weighted by atomic mass is 32.1. The number of rotatable bonds is 5. The molecular weight excluding hydrogens is 353 g/mol. The fraction of sp³-hybridized carbons (Fsp3) is 0.294. The van der Waals surface area contributed by atoms with Crippen LogP contribution in [0.5, 0.6) is 0 Å². The Balaban J connectivity index is 1.53. The first-order valence-corrected chi connectivity index (χ1v) is 8.49. The summed E-state index contributed by atoms with van der Waals surface area (Å²) >= 11 is 1.16. The lowest BCUT2D eigenvalue weighted by Gasteiger charge is -2.08. The van der Waals surface area contributed by atoms with E-state index in [4.69, 9.17) is 0 Å². The van der Waals surface area contributed by atoms with Crippen molar-refractivity contribution in [2.75, 3.05) is 5.32 Å². The van der Waals surface area contributed by atoms with Crippen LogP contribution in [-0.4, -0.2) is 11.8 Å². The van der Waals surface area contributed by atoms with Gasteiger partial charge in [0.15, 0.2) is 0 Å². The Bertz CT molecular complexity index is 780. The van der Waals surface area contributed by atoms with Gasteiger partial charge in [0, 0.05) is 12.5 Å². The van der Waals surface area contributed by atoms with Crippen LogP contribution in [0.25, 0.3) is 0 Å². The van der Waals surface area contributed by atoms with Crippen molar-refractivity contribution in [3.05, 3.63) is 52.4 Å². The standard InChI is InChI=1S/C17H15F3N2O2S/c18-17(19,20)12-5-1-10(2-6-12)9-21-16(24)13-7-8-14(25-13)22-15(23)11-3-4-11/h1-2,5-8,11H,3-4,9H2,(H,21,24)(H,22,23). The van der Waals surface area contributed by atoms with Crippen molar-refractivity contribution in [1.82, 2.24) is 5.32 Å². The number of hydrogen-bond donors (Lipinski definition) is 2. The largest absolute Gasteiger partial charge is 0.416 e. The van der Waals surface area contributed by atoms with Crippen molar-refractivity contribution in [3.63, 3.8) is 0 Å². The van der Waals surface area contributed by atoms with Crippen LogP contribution in [-0.2, 0) is 17.5 Å². The second-order valence-corrected chi connectivity index (χ2v) is 6.89. The highest BCUT2D eigenvalue weighted by molar-refractivity contribution is 7.18. The summed E-state index contributed by atoms with van der Waals surface area (Å²) in [6.07, 6.45) is -2.57. The summed E-state index contributed by atoms with van der Waals surface area (Å²) in [6, 6.07) is 7.90. The molecule has 2 N–H and O–H groups in total. The Morgan fingerprint density at radius 2 is 1.76 bits per heavy atom. The van der Waals surface area contributed by atoms with E-state index in [2.05, 4.69) is 10.6 Å². The topological polar surface area (TPSA) is 58.2 Å². The van der Waals surface area contributed by atoms with Crippen LogP contribution in [0.1, 0.15) is 33.6 Å². The summed E-state index contributed by atoms with van der Waals surface area (Å²) in [5, 5.41) is 6.03. The molecule has 0 atom stereocenters. The molecule has 8 heteroatoms. The maximum Gasteiger partial charge on any atom is 0.416 e. The molecule has 1 aliphatic carbocycles. The van der Waals surface area contributed by atoms with Gasteiger partial charge in [-0.05, 0) is 42.7 Å². The van der Waals surface area contributed by atoms with Crippen molar-refractivity contribution >= 4 is 28.2 Å². The predicted octanol–water partition coefficient (Wildman–Crippen LogP) is 4.05. The second kappa shape index (κ2) is 6.87. The van der Waals surface area contributed by atoms with Crippen LogP contribution >= 0.6 is 11.3 Å². The number of anilines is 1. The van der Waals surface area contributed by atoms with Gasteiger partial charge >= 0.3 is 6.18 Å². The highest BCUT2D eigenvalue weighted by Gasteiger charge is 2.30. The van der Waals surface area contributed by atoms with E-state index in [1.165, 1.54) is 12.1 Å². The van der Waals surface area contributed by atoms with Crippen LogP contribution in [0.4, 0.5) is 18.2 Å². The maximum atomic E-state index is 12.5. The number of benzene rings is 1. The van der Waals surface area contributed by atoms with Gasteiger partial charge in [-0.1, -0.05) is 12.1 Å². The molecular formula is C17H15F3N2O2S. The van der Waals surface area contributed by atoms with E-state index >= 15 is 0 Å². The Morgan fingerprint density at radius 1 is 1.08 bits per heavy atom. The molecule has 1 aromatic heterocycles. The van der Waals surface area contributed by atoms with E-state index in [-0.39, 0.29) is 24.3 Å². The van der Waals surface area contributed by atoms with Gasteiger partial charge < -0.3 is 10.6 Å². The van der Waals surface area contributed by atoms with Crippen molar-refractivity contribution in [2.24, 2.45) is 5.92 Å². The van der Waals surface area contributed by atoms with Crippen molar-refractivity contribution in [2.45, 2.75) is 25.6 Å². The fourth-order valence-corrected chi connectivity index (χ4v) is 3.00. The first kappa shape index (κ1) is 17.5. The molecule has 0 saturated heterocycles. The van der Waals surface area contributed by atoms with Gasteiger partial charge in [-0.25, -0.2) is 0 Å². The average molecular weight is 368 g/mol. The third kappa shape index (κ3) is 4.60. The number of hydrogen-bond acceptors (Lipinski definition) is 3. The zero-order valence-corrected chi connectivity index (χ0v) is 13.8. The molecule has 2 aromatic rings. The Hall–Kier alpha value is -2.35. The number of amides is 2. The summed E-state index contributed by atoms with van der Waals surface area (Å²) in [5.41, 5.74) is -0.156. The van der Waals surface area contributed by atoms with E-state index in [0.29, 0.717) is 15.4 Å². The summed E-state index contributed by atoms with van der Waals surface area (Å²) in [7, 11) is 0. The molecule has 1 aromatic carbocycles. The molecule has 0 aliphatic heterocycles. The zero-order chi connectivity index (χ0) is 18.0. The summed E-state index contributed by atoms with van der Waals surface area (Å²) < 4.78 is 37.5. The quantitative estimate of drug-likeness (QED) is 0.837. The van der Waals surface area contributed by atoms with Crippen molar-refractivity contribution in [3.8, 4) is 0 Å². The lowest BCUT2D eigenvalue weighted by atomic mass is 10.1. The smallest absolute Gasteiger partial charge is 0.347 e. The Morgan fingerprint density at radius 3 is 2.36 bits per heavy atom. The van der Waals surface area contributed by atoms with E-state index < -0.39 is 11.7 Å². The number of halogens is 3. The third-order valence-electron chi connectivity index (χ3n) is 3.76. The number of carbonyl (C=O) groups is 2. The van der Waals surface area contributed by atoms with E-state index in [9.17, 15) is 22.8 Å². The minimum Gasteiger partial charge on any atom is -0.347 e. The molecule has 0 bridgehead atoms. The minimum atomic E-state index is -4.37. The van der Waals surface area contributed by atoms with Gasteiger partial charge in [0.2, 0.25) is 5.91 Å². The first-order chi connectivity index (χ1) is 11.8. The van der Waals surface area contributed by atoms with Gasteiger partial charge in [-0.3, -0.25) is 9.59 Å². The number of alkyl halides is 3. The van der Waals surface area contributed by atoms with Gasteiger partial charge in [0.25, 0.3) is 5.91 Å². The van der Waals surface area contributed by atoms with E-state index in [0.717, 1.165) is 36.3 Å². The molecule has 4 nitrogen and oxygen atoms in total. The summed E-state index contributed by atoms with van der Waals surface area (Å²) in [6.45, 7) is 0.124. The zero-order valence-electron chi connectivity index (χ0n) is 13.0. The monoisotopic (exact) mass is 368 g/mol. The number of carbonyl (C=O) groups excluding carboxylic acids is 2. The Kier molecular flexibility index (Phi) is 4.80. The van der Waals surface area contributed by atoms with Crippen LogP contribution in [0.15, 0.2) is 36.4 Å². The molecule has 0 spiro atoms.